The number of rotatable bonds is 5. The van der Waals surface area contributed by atoms with Gasteiger partial charge in [0.2, 0.25) is 0 Å². The van der Waals surface area contributed by atoms with E-state index in [9.17, 15) is 13.5 Å². The summed E-state index contributed by atoms with van der Waals surface area (Å²) in [5.74, 6) is 0.0724. The van der Waals surface area contributed by atoms with E-state index < -0.39 is 9.84 Å². The topological polar surface area (TPSA) is 93.3 Å². The molecule has 3 rings (SSSR count). The van der Waals surface area contributed by atoms with Crippen LogP contribution in [-0.4, -0.2) is 18.5 Å². The standard InChI is InChI=1S/C22H22N2O3S/c1-15-13-18(21(23)16(2)22(15)25)9-6-17-7-10-20(11-8-17)28(26,27)14-19-5-3-4-12-24-19/h3-13,25H,14,23H2,1-2H3/b9-6+. The average molecular weight is 394 g/mol. The zero-order valence-corrected chi connectivity index (χ0v) is 16.6. The SMILES string of the molecule is Cc1cc(/C=C/c2ccc(S(=O)(=O)Cc3ccccn3)cc2)c(N)c(C)c1O. The van der Waals surface area contributed by atoms with Gasteiger partial charge in [0.05, 0.1) is 16.3 Å². The molecule has 0 fully saturated rings. The van der Waals surface area contributed by atoms with E-state index in [0.29, 0.717) is 16.9 Å². The van der Waals surface area contributed by atoms with Crippen LogP contribution in [0.25, 0.3) is 12.2 Å². The lowest BCUT2D eigenvalue weighted by molar-refractivity contribution is 0.467. The van der Waals surface area contributed by atoms with Gasteiger partial charge in [0.25, 0.3) is 0 Å². The summed E-state index contributed by atoms with van der Waals surface area (Å²) in [5.41, 5.74) is 10.2. The molecule has 2 aromatic carbocycles. The van der Waals surface area contributed by atoms with E-state index in [2.05, 4.69) is 4.98 Å². The molecule has 144 valence electrons. The molecule has 6 heteroatoms. The van der Waals surface area contributed by atoms with Crippen LogP contribution in [0.3, 0.4) is 0 Å². The molecule has 0 unspecified atom stereocenters. The van der Waals surface area contributed by atoms with Crippen molar-refractivity contribution in [3.8, 4) is 5.75 Å². The van der Waals surface area contributed by atoms with Gasteiger partial charge in [-0.2, -0.15) is 0 Å². The number of hydrogen-bond donors (Lipinski definition) is 2. The summed E-state index contributed by atoms with van der Waals surface area (Å²) in [6.45, 7) is 3.59. The summed E-state index contributed by atoms with van der Waals surface area (Å²) >= 11 is 0. The number of aromatic nitrogens is 1. The molecule has 0 saturated carbocycles. The molecule has 0 amide bonds. The van der Waals surface area contributed by atoms with E-state index in [1.165, 1.54) is 0 Å². The highest BCUT2D eigenvalue weighted by Gasteiger charge is 2.15. The van der Waals surface area contributed by atoms with E-state index in [-0.39, 0.29) is 16.4 Å². The predicted molar refractivity (Wildman–Crippen MR) is 112 cm³/mol. The summed E-state index contributed by atoms with van der Waals surface area (Å²) < 4.78 is 25.1. The third-order valence-electron chi connectivity index (χ3n) is 4.57. The maximum absolute atomic E-state index is 12.5. The molecule has 1 heterocycles. The van der Waals surface area contributed by atoms with Crippen molar-refractivity contribution in [2.24, 2.45) is 0 Å². The van der Waals surface area contributed by atoms with Gasteiger partial charge in [0, 0.05) is 17.4 Å². The monoisotopic (exact) mass is 394 g/mol. The van der Waals surface area contributed by atoms with Gasteiger partial charge in [-0.3, -0.25) is 4.98 Å². The molecular formula is C22H22N2O3S. The Labute approximate surface area is 165 Å². The normalized spacial score (nSPS) is 11.8. The van der Waals surface area contributed by atoms with Crippen LogP contribution < -0.4 is 5.73 Å². The highest BCUT2D eigenvalue weighted by Crippen LogP contribution is 2.31. The molecule has 0 aliphatic rings. The molecule has 0 atom stereocenters. The molecule has 1 aromatic heterocycles. The zero-order valence-electron chi connectivity index (χ0n) is 15.8. The fourth-order valence-corrected chi connectivity index (χ4v) is 4.17. The first-order valence-electron chi connectivity index (χ1n) is 8.77. The van der Waals surface area contributed by atoms with Crippen molar-refractivity contribution in [1.29, 1.82) is 0 Å². The Balaban J connectivity index is 1.81. The summed E-state index contributed by atoms with van der Waals surface area (Å²) in [6, 6.07) is 13.7. The molecule has 3 aromatic rings. The number of aryl methyl sites for hydroxylation is 1. The van der Waals surface area contributed by atoms with Crippen LogP contribution in [0.2, 0.25) is 0 Å². The lowest BCUT2D eigenvalue weighted by Crippen LogP contribution is -2.06. The minimum atomic E-state index is -3.45. The van der Waals surface area contributed by atoms with Crippen LogP contribution in [-0.2, 0) is 15.6 Å². The van der Waals surface area contributed by atoms with Crippen LogP contribution in [0.5, 0.6) is 5.75 Å². The number of benzene rings is 2. The number of pyridine rings is 1. The maximum atomic E-state index is 12.5. The minimum Gasteiger partial charge on any atom is -0.507 e. The van der Waals surface area contributed by atoms with E-state index in [4.69, 9.17) is 5.73 Å². The third kappa shape index (κ3) is 4.23. The largest absolute Gasteiger partial charge is 0.507 e. The first-order valence-corrected chi connectivity index (χ1v) is 10.4. The van der Waals surface area contributed by atoms with Crippen LogP contribution >= 0.6 is 0 Å². The summed E-state index contributed by atoms with van der Waals surface area (Å²) in [5, 5.41) is 9.94. The minimum absolute atomic E-state index is 0.133. The van der Waals surface area contributed by atoms with Crippen molar-refractivity contribution in [2.75, 3.05) is 5.73 Å². The molecule has 0 aliphatic carbocycles. The maximum Gasteiger partial charge on any atom is 0.184 e. The van der Waals surface area contributed by atoms with Gasteiger partial charge >= 0.3 is 0 Å². The second kappa shape index (κ2) is 7.86. The van der Waals surface area contributed by atoms with Gasteiger partial charge in [-0.1, -0.05) is 30.4 Å². The van der Waals surface area contributed by atoms with Gasteiger partial charge in [0.15, 0.2) is 9.84 Å². The van der Waals surface area contributed by atoms with E-state index in [1.807, 2.05) is 25.1 Å². The number of sulfone groups is 1. The average Bonchev–Trinajstić information content (AvgIpc) is 2.69. The first-order chi connectivity index (χ1) is 13.3. The molecule has 28 heavy (non-hydrogen) atoms. The zero-order chi connectivity index (χ0) is 20.3. The summed E-state index contributed by atoms with van der Waals surface area (Å²) in [6.07, 6.45) is 5.29. The van der Waals surface area contributed by atoms with E-state index in [1.54, 1.807) is 55.6 Å². The smallest absolute Gasteiger partial charge is 0.184 e. The first kappa shape index (κ1) is 19.6. The molecule has 0 spiro atoms. The van der Waals surface area contributed by atoms with Gasteiger partial charge in [0.1, 0.15) is 5.75 Å². The van der Waals surface area contributed by atoms with Gasteiger partial charge in [-0.05, 0) is 60.9 Å². The molecule has 0 radical (unpaired) electrons. The van der Waals surface area contributed by atoms with Crippen molar-refractivity contribution in [3.05, 3.63) is 82.7 Å². The van der Waals surface area contributed by atoms with Crippen molar-refractivity contribution < 1.29 is 13.5 Å². The number of phenolic OH excluding ortho intramolecular Hbond substituents is 1. The highest BCUT2D eigenvalue weighted by molar-refractivity contribution is 7.90. The fourth-order valence-electron chi connectivity index (χ4n) is 2.89. The second-order valence-corrected chi connectivity index (χ2v) is 8.64. The highest BCUT2D eigenvalue weighted by atomic mass is 32.2. The quantitative estimate of drug-likeness (QED) is 0.501. The number of nitrogen functional groups attached to an aromatic ring is 1. The molecular weight excluding hydrogens is 372 g/mol. The number of aromatic hydroxyl groups is 1. The fraction of sp³-hybridized carbons (Fsp3) is 0.136. The van der Waals surface area contributed by atoms with Crippen molar-refractivity contribution in [2.45, 2.75) is 24.5 Å². The molecule has 3 N–H and O–H groups in total. The molecule has 5 nitrogen and oxygen atoms in total. The number of nitrogens with two attached hydrogens (primary N) is 1. The Hall–Kier alpha value is -3.12. The Kier molecular flexibility index (Phi) is 5.51. The summed E-state index contributed by atoms with van der Waals surface area (Å²) in [7, 11) is -3.45. The lowest BCUT2D eigenvalue weighted by atomic mass is 10.0. The predicted octanol–water partition coefficient (Wildman–Crippen LogP) is 4.13. The number of hydrogen-bond acceptors (Lipinski definition) is 5. The molecule has 0 saturated heterocycles. The summed E-state index contributed by atoms with van der Waals surface area (Å²) in [4.78, 5) is 4.33. The van der Waals surface area contributed by atoms with E-state index >= 15 is 0 Å². The number of nitrogens with zero attached hydrogens (tertiary/aromatic N) is 1. The van der Waals surface area contributed by atoms with Crippen LogP contribution in [0.15, 0.2) is 59.6 Å². The van der Waals surface area contributed by atoms with Gasteiger partial charge in [-0.15, -0.1) is 0 Å². The Bertz CT molecular complexity index is 1120. The molecule has 0 aliphatic heterocycles. The van der Waals surface area contributed by atoms with Crippen LogP contribution in [0.1, 0.15) is 27.9 Å². The lowest BCUT2D eigenvalue weighted by Gasteiger charge is -2.10. The Morgan fingerprint density at radius 1 is 1.07 bits per heavy atom. The van der Waals surface area contributed by atoms with Crippen molar-refractivity contribution in [1.82, 2.24) is 4.98 Å². The van der Waals surface area contributed by atoms with Gasteiger partial charge in [-0.25, -0.2) is 8.42 Å². The second-order valence-electron chi connectivity index (χ2n) is 6.65. The van der Waals surface area contributed by atoms with Crippen LogP contribution in [0.4, 0.5) is 5.69 Å². The number of anilines is 1. The number of phenols is 1. The van der Waals surface area contributed by atoms with E-state index in [0.717, 1.165) is 16.7 Å². The Morgan fingerprint density at radius 3 is 2.43 bits per heavy atom. The van der Waals surface area contributed by atoms with Crippen molar-refractivity contribution in [3.63, 3.8) is 0 Å². The Morgan fingerprint density at radius 2 is 1.79 bits per heavy atom. The molecule has 0 bridgehead atoms. The third-order valence-corrected chi connectivity index (χ3v) is 6.24. The van der Waals surface area contributed by atoms with Gasteiger partial charge < -0.3 is 10.8 Å². The van der Waals surface area contributed by atoms with Crippen LogP contribution in [0, 0.1) is 13.8 Å². The van der Waals surface area contributed by atoms with Crippen molar-refractivity contribution >= 4 is 27.7 Å².